The summed E-state index contributed by atoms with van der Waals surface area (Å²) in [5, 5.41) is 3.00. The van der Waals surface area contributed by atoms with Crippen LogP contribution in [-0.4, -0.2) is 25.4 Å². The molecule has 1 aliphatic heterocycles. The molecule has 1 atom stereocenters. The van der Waals surface area contributed by atoms with Gasteiger partial charge in [0.2, 0.25) is 11.8 Å². The number of nitrogens with one attached hydrogen (secondary N) is 1. The van der Waals surface area contributed by atoms with Gasteiger partial charge in [0.05, 0.1) is 5.69 Å². The van der Waals surface area contributed by atoms with Gasteiger partial charge in [-0.05, 0) is 32.0 Å². The quantitative estimate of drug-likeness (QED) is 0.811. The standard InChI is InChI=1S/C13H17N3O2/c1-7-4-5-8(2)12-10(7)11(15-3)13(18)16(12)6-9(14)17/h4-5,11,15H,6H2,1-3H3,(H2,14,17). The van der Waals surface area contributed by atoms with Crippen molar-refractivity contribution in [2.45, 2.75) is 19.9 Å². The first-order valence-electron chi connectivity index (χ1n) is 5.84. The van der Waals surface area contributed by atoms with Crippen LogP contribution in [0, 0.1) is 13.8 Å². The zero-order valence-corrected chi connectivity index (χ0v) is 10.8. The zero-order chi connectivity index (χ0) is 13.4. The van der Waals surface area contributed by atoms with Crippen LogP contribution >= 0.6 is 0 Å². The molecular weight excluding hydrogens is 230 g/mol. The van der Waals surface area contributed by atoms with Crippen LogP contribution in [0.5, 0.6) is 0 Å². The van der Waals surface area contributed by atoms with Crippen LogP contribution in [-0.2, 0) is 9.59 Å². The number of likely N-dealkylation sites (N-methyl/N-ethyl adjacent to an activating group) is 1. The lowest BCUT2D eigenvalue weighted by atomic mass is 9.99. The second-order valence-corrected chi connectivity index (χ2v) is 4.57. The van der Waals surface area contributed by atoms with E-state index in [1.807, 2.05) is 26.0 Å². The highest BCUT2D eigenvalue weighted by atomic mass is 16.2. The molecule has 3 N–H and O–H groups in total. The number of benzene rings is 1. The first-order valence-corrected chi connectivity index (χ1v) is 5.84. The number of hydrogen-bond acceptors (Lipinski definition) is 3. The van der Waals surface area contributed by atoms with Crippen LogP contribution in [0.25, 0.3) is 0 Å². The number of carbonyl (C=O) groups is 2. The smallest absolute Gasteiger partial charge is 0.249 e. The van der Waals surface area contributed by atoms with E-state index in [0.717, 1.165) is 22.4 Å². The molecule has 0 aliphatic carbocycles. The monoisotopic (exact) mass is 247 g/mol. The first-order chi connectivity index (χ1) is 8.47. The number of hydrogen-bond donors (Lipinski definition) is 2. The molecule has 0 fully saturated rings. The molecular formula is C13H17N3O2. The molecule has 1 aliphatic rings. The number of rotatable bonds is 3. The average molecular weight is 247 g/mol. The van der Waals surface area contributed by atoms with Crippen molar-refractivity contribution in [2.75, 3.05) is 18.5 Å². The van der Waals surface area contributed by atoms with Gasteiger partial charge < -0.3 is 16.0 Å². The van der Waals surface area contributed by atoms with Crippen molar-refractivity contribution in [2.24, 2.45) is 5.73 Å². The number of aryl methyl sites for hydroxylation is 2. The Balaban J connectivity index is 2.60. The van der Waals surface area contributed by atoms with Gasteiger partial charge in [0.1, 0.15) is 12.6 Å². The summed E-state index contributed by atoms with van der Waals surface area (Å²) in [6.45, 7) is 3.82. The molecule has 18 heavy (non-hydrogen) atoms. The molecule has 5 heteroatoms. The third-order valence-electron chi connectivity index (χ3n) is 3.31. The molecule has 2 rings (SSSR count). The van der Waals surface area contributed by atoms with Crippen LogP contribution in [0.3, 0.4) is 0 Å². The predicted octanol–water partition coefficient (Wildman–Crippen LogP) is 0.396. The molecule has 1 heterocycles. The molecule has 2 amide bonds. The fraction of sp³-hybridized carbons (Fsp3) is 0.385. The second-order valence-electron chi connectivity index (χ2n) is 4.57. The fourth-order valence-electron chi connectivity index (χ4n) is 2.51. The molecule has 1 unspecified atom stereocenters. The minimum atomic E-state index is -0.507. The molecule has 96 valence electrons. The molecule has 0 saturated carbocycles. The van der Waals surface area contributed by atoms with Gasteiger partial charge in [0, 0.05) is 5.56 Å². The highest BCUT2D eigenvalue weighted by Gasteiger charge is 2.38. The Hall–Kier alpha value is -1.88. The van der Waals surface area contributed by atoms with Gasteiger partial charge in [0.25, 0.3) is 0 Å². The molecule has 0 saturated heterocycles. The molecule has 0 radical (unpaired) electrons. The molecule has 0 bridgehead atoms. The summed E-state index contributed by atoms with van der Waals surface area (Å²) in [5.41, 5.74) is 8.99. The summed E-state index contributed by atoms with van der Waals surface area (Å²) in [5.74, 6) is -0.629. The number of nitrogens with two attached hydrogens (primary N) is 1. The van der Waals surface area contributed by atoms with Gasteiger partial charge in [-0.2, -0.15) is 0 Å². The second kappa shape index (κ2) is 4.42. The van der Waals surface area contributed by atoms with Gasteiger partial charge in [-0.15, -0.1) is 0 Å². The maximum Gasteiger partial charge on any atom is 0.249 e. The Labute approximate surface area is 106 Å². The maximum atomic E-state index is 12.3. The van der Waals surface area contributed by atoms with E-state index < -0.39 is 5.91 Å². The molecule has 0 spiro atoms. The Bertz CT molecular complexity index is 525. The predicted molar refractivity (Wildman–Crippen MR) is 69.3 cm³/mol. The van der Waals surface area contributed by atoms with Gasteiger partial charge in [-0.25, -0.2) is 0 Å². The van der Waals surface area contributed by atoms with Crippen molar-refractivity contribution < 1.29 is 9.59 Å². The normalized spacial score (nSPS) is 18.1. The van der Waals surface area contributed by atoms with Crippen molar-refractivity contribution in [3.05, 3.63) is 28.8 Å². The summed E-state index contributed by atoms with van der Waals surface area (Å²) in [6.07, 6.45) is 0. The van der Waals surface area contributed by atoms with E-state index in [1.165, 1.54) is 4.90 Å². The van der Waals surface area contributed by atoms with Crippen LogP contribution in [0.4, 0.5) is 5.69 Å². The van der Waals surface area contributed by atoms with E-state index >= 15 is 0 Å². The van der Waals surface area contributed by atoms with Crippen LogP contribution < -0.4 is 16.0 Å². The van der Waals surface area contributed by atoms with E-state index in [-0.39, 0.29) is 18.5 Å². The fourth-order valence-corrected chi connectivity index (χ4v) is 2.51. The van der Waals surface area contributed by atoms with E-state index in [2.05, 4.69) is 5.32 Å². The number of carbonyl (C=O) groups excluding carboxylic acids is 2. The van der Waals surface area contributed by atoms with Crippen molar-refractivity contribution in [1.82, 2.24) is 5.32 Å². The van der Waals surface area contributed by atoms with Gasteiger partial charge in [-0.1, -0.05) is 12.1 Å². The Morgan fingerprint density at radius 2 is 2.00 bits per heavy atom. The van der Waals surface area contributed by atoms with Gasteiger partial charge in [-0.3, -0.25) is 9.59 Å². The largest absolute Gasteiger partial charge is 0.368 e. The number of nitrogens with zero attached hydrogens (tertiary/aromatic N) is 1. The summed E-state index contributed by atoms with van der Waals surface area (Å²) in [7, 11) is 1.74. The lowest BCUT2D eigenvalue weighted by molar-refractivity contribution is -0.123. The lowest BCUT2D eigenvalue weighted by Crippen LogP contribution is -2.39. The Morgan fingerprint density at radius 3 is 2.56 bits per heavy atom. The van der Waals surface area contributed by atoms with E-state index in [1.54, 1.807) is 7.05 Å². The summed E-state index contributed by atoms with van der Waals surface area (Å²) >= 11 is 0. The van der Waals surface area contributed by atoms with Gasteiger partial charge in [0.15, 0.2) is 0 Å². The lowest BCUT2D eigenvalue weighted by Gasteiger charge is -2.17. The first kappa shape index (κ1) is 12.6. The van der Waals surface area contributed by atoms with Gasteiger partial charge >= 0.3 is 0 Å². The zero-order valence-electron chi connectivity index (χ0n) is 10.8. The summed E-state index contributed by atoms with van der Waals surface area (Å²) < 4.78 is 0. The van der Waals surface area contributed by atoms with Crippen molar-refractivity contribution in [3.63, 3.8) is 0 Å². The highest BCUT2D eigenvalue weighted by Crippen LogP contribution is 2.40. The molecule has 0 aromatic heterocycles. The minimum absolute atomic E-state index is 0.0751. The number of fused-ring (bicyclic) bond motifs is 1. The summed E-state index contributed by atoms with van der Waals surface area (Å²) in [6, 6.07) is 3.55. The molecule has 5 nitrogen and oxygen atoms in total. The Morgan fingerprint density at radius 1 is 1.39 bits per heavy atom. The third-order valence-corrected chi connectivity index (χ3v) is 3.31. The van der Waals surface area contributed by atoms with Crippen LogP contribution in [0.15, 0.2) is 12.1 Å². The number of anilines is 1. The van der Waals surface area contributed by atoms with Crippen molar-refractivity contribution >= 4 is 17.5 Å². The van der Waals surface area contributed by atoms with Crippen molar-refractivity contribution in [3.8, 4) is 0 Å². The minimum Gasteiger partial charge on any atom is -0.368 e. The number of primary amides is 1. The molecule has 1 aromatic carbocycles. The highest BCUT2D eigenvalue weighted by molar-refractivity contribution is 6.08. The van der Waals surface area contributed by atoms with E-state index in [4.69, 9.17) is 5.73 Å². The maximum absolute atomic E-state index is 12.3. The third kappa shape index (κ3) is 1.76. The number of amides is 2. The van der Waals surface area contributed by atoms with E-state index in [9.17, 15) is 9.59 Å². The Kier molecular flexibility index (Phi) is 3.09. The van der Waals surface area contributed by atoms with Crippen LogP contribution in [0.2, 0.25) is 0 Å². The van der Waals surface area contributed by atoms with Crippen molar-refractivity contribution in [1.29, 1.82) is 0 Å². The summed E-state index contributed by atoms with van der Waals surface area (Å²) in [4.78, 5) is 24.9. The SMILES string of the molecule is CNC1C(=O)N(CC(N)=O)c2c(C)ccc(C)c21. The van der Waals surface area contributed by atoms with E-state index in [0.29, 0.717) is 0 Å². The molecule has 1 aromatic rings. The average Bonchev–Trinajstić information content (AvgIpc) is 2.58. The van der Waals surface area contributed by atoms with Crippen LogP contribution in [0.1, 0.15) is 22.7 Å². The topological polar surface area (TPSA) is 75.4 Å².